The summed E-state index contributed by atoms with van der Waals surface area (Å²) in [5, 5.41) is 8.80. The van der Waals surface area contributed by atoms with Crippen molar-refractivity contribution >= 4 is 59.5 Å². The van der Waals surface area contributed by atoms with E-state index in [1.54, 1.807) is 0 Å². The summed E-state index contributed by atoms with van der Waals surface area (Å²) in [6.45, 7) is 1.99. The normalized spacial score (nSPS) is 14.1. The first-order valence-electron chi connectivity index (χ1n) is 15.2. The van der Waals surface area contributed by atoms with Crippen LogP contribution in [0.25, 0.3) is 47.7 Å². The second-order valence-electron chi connectivity index (χ2n) is 11.7. The van der Waals surface area contributed by atoms with Gasteiger partial charge in [-0.1, -0.05) is 115 Å². The molecule has 0 radical (unpaired) electrons. The molecule has 2 aromatic heterocycles. The molecule has 8 rings (SSSR count). The van der Waals surface area contributed by atoms with Crippen molar-refractivity contribution in [2.45, 2.75) is 18.8 Å². The van der Waals surface area contributed by atoms with Crippen LogP contribution >= 0.6 is 11.3 Å². The molecule has 0 fully saturated rings. The molecule has 218 valence electrons. The molecule has 0 saturated heterocycles. The highest BCUT2D eigenvalue weighted by molar-refractivity contribution is 7.26. The summed E-state index contributed by atoms with van der Waals surface area (Å²) in [5.41, 5.74) is 12.6. The third kappa shape index (κ3) is 4.92. The van der Waals surface area contributed by atoms with Crippen LogP contribution in [0.2, 0.25) is 0 Å². The Bertz CT molecular complexity index is 2310. The lowest BCUT2D eigenvalue weighted by Crippen LogP contribution is -2.49. The molecule has 45 heavy (non-hydrogen) atoms. The zero-order chi connectivity index (χ0) is 30.4. The van der Waals surface area contributed by atoms with Gasteiger partial charge in [0.2, 0.25) is 0 Å². The number of para-hydroxylation sites is 1. The van der Waals surface area contributed by atoms with E-state index in [9.17, 15) is 0 Å². The van der Waals surface area contributed by atoms with Crippen LogP contribution in [0.1, 0.15) is 29.8 Å². The van der Waals surface area contributed by atoms with Gasteiger partial charge in [0.15, 0.2) is 0 Å². The maximum Gasteiger partial charge on any atom is 0.127 e. The lowest BCUT2D eigenvalue weighted by atomic mass is 10.0. The van der Waals surface area contributed by atoms with Gasteiger partial charge in [0, 0.05) is 42.8 Å². The molecule has 3 N–H and O–H groups in total. The van der Waals surface area contributed by atoms with Gasteiger partial charge in [0.05, 0.1) is 16.7 Å². The number of rotatable bonds is 7. The highest BCUT2D eigenvalue weighted by Gasteiger charge is 2.25. The number of fused-ring (bicyclic) bond motifs is 7. The Morgan fingerprint density at radius 2 is 1.36 bits per heavy atom. The molecule has 5 heteroatoms. The standard InChI is InChI=1S/C40H32N4S/c1-40(41,29-14-6-3-7-15-29)43-39(28-12-4-2-5-13-28)42-26-27-20-22-30(23-21-27)44-34-18-10-8-17-33(34)37-35(44)25-24-32-31-16-9-11-19-36(31)45-38(32)37/h2-26,39,43H,41H2,1H3. The summed E-state index contributed by atoms with van der Waals surface area (Å²) in [6, 6.07) is 51.0. The maximum absolute atomic E-state index is 6.78. The van der Waals surface area contributed by atoms with Gasteiger partial charge in [0.25, 0.3) is 0 Å². The minimum Gasteiger partial charge on any atom is -0.310 e. The second-order valence-corrected chi connectivity index (χ2v) is 12.7. The number of thiophene rings is 1. The third-order valence-electron chi connectivity index (χ3n) is 8.63. The topological polar surface area (TPSA) is 55.3 Å². The van der Waals surface area contributed by atoms with E-state index in [4.69, 9.17) is 10.7 Å². The lowest BCUT2D eigenvalue weighted by Gasteiger charge is -2.30. The van der Waals surface area contributed by atoms with E-state index in [1.807, 2.05) is 73.0 Å². The smallest absolute Gasteiger partial charge is 0.127 e. The molecule has 0 saturated carbocycles. The zero-order valence-electron chi connectivity index (χ0n) is 24.9. The predicted octanol–water partition coefficient (Wildman–Crippen LogP) is 9.69. The van der Waals surface area contributed by atoms with Crippen LogP contribution in [0, 0.1) is 0 Å². The number of hydrogen-bond donors (Lipinski definition) is 2. The largest absolute Gasteiger partial charge is 0.310 e. The highest BCUT2D eigenvalue weighted by Crippen LogP contribution is 2.43. The van der Waals surface area contributed by atoms with Gasteiger partial charge >= 0.3 is 0 Å². The van der Waals surface area contributed by atoms with E-state index in [0.717, 1.165) is 22.4 Å². The van der Waals surface area contributed by atoms with Crippen LogP contribution in [0.5, 0.6) is 0 Å². The monoisotopic (exact) mass is 600 g/mol. The number of aliphatic imine (C=N–C) groups is 1. The summed E-state index contributed by atoms with van der Waals surface area (Å²) in [5.74, 6) is 0. The Balaban J connectivity index is 1.17. The first kappa shape index (κ1) is 27.5. The third-order valence-corrected chi connectivity index (χ3v) is 9.83. The van der Waals surface area contributed by atoms with Gasteiger partial charge in [0.1, 0.15) is 6.17 Å². The zero-order valence-corrected chi connectivity index (χ0v) is 25.7. The van der Waals surface area contributed by atoms with Crippen molar-refractivity contribution in [2.75, 3.05) is 0 Å². The SMILES string of the molecule is CC(N)(NC(N=Cc1ccc(-n2c3ccccc3c3c4sc5ccccc5c4ccc32)cc1)c1ccccc1)c1ccccc1. The second kappa shape index (κ2) is 11.1. The number of hydrogen-bond acceptors (Lipinski definition) is 4. The van der Waals surface area contributed by atoms with Crippen molar-refractivity contribution < 1.29 is 0 Å². The predicted molar refractivity (Wildman–Crippen MR) is 192 cm³/mol. The maximum atomic E-state index is 6.78. The van der Waals surface area contributed by atoms with Gasteiger partial charge in [-0.3, -0.25) is 10.3 Å². The number of benzene rings is 6. The number of aromatic nitrogens is 1. The molecular formula is C40H32N4S. The number of nitrogens with zero attached hydrogens (tertiary/aromatic N) is 2. The van der Waals surface area contributed by atoms with Crippen molar-refractivity contribution in [1.82, 2.24) is 9.88 Å². The van der Waals surface area contributed by atoms with E-state index < -0.39 is 5.66 Å². The molecule has 0 aliphatic carbocycles. The molecule has 2 unspecified atom stereocenters. The first-order chi connectivity index (χ1) is 22.1. The summed E-state index contributed by atoms with van der Waals surface area (Å²) in [6.07, 6.45) is 1.62. The Morgan fingerprint density at radius 1 is 0.689 bits per heavy atom. The van der Waals surface area contributed by atoms with Crippen LogP contribution in [0.4, 0.5) is 0 Å². The van der Waals surface area contributed by atoms with Crippen molar-refractivity contribution in [3.63, 3.8) is 0 Å². The van der Waals surface area contributed by atoms with Gasteiger partial charge in [-0.25, -0.2) is 0 Å². The van der Waals surface area contributed by atoms with E-state index in [0.29, 0.717) is 0 Å². The minimum atomic E-state index is -0.765. The molecule has 8 aromatic rings. The Kier molecular flexibility index (Phi) is 6.80. The van der Waals surface area contributed by atoms with Crippen LogP contribution in [0.15, 0.2) is 151 Å². The summed E-state index contributed by atoms with van der Waals surface area (Å²) in [4.78, 5) is 5.00. The molecule has 2 heterocycles. The fraction of sp³-hybridized carbons (Fsp3) is 0.0750. The Morgan fingerprint density at radius 3 is 2.13 bits per heavy atom. The van der Waals surface area contributed by atoms with E-state index >= 15 is 0 Å². The van der Waals surface area contributed by atoms with Gasteiger partial charge in [-0.05, 0) is 53.9 Å². The summed E-state index contributed by atoms with van der Waals surface area (Å²) in [7, 11) is 0. The molecule has 6 aromatic carbocycles. The first-order valence-corrected chi connectivity index (χ1v) is 16.0. The molecule has 0 aliphatic heterocycles. The van der Waals surface area contributed by atoms with E-state index in [2.05, 4.69) is 107 Å². The fourth-order valence-corrected chi connectivity index (χ4v) is 7.64. The number of nitrogens with one attached hydrogen (secondary N) is 1. The lowest BCUT2D eigenvalue weighted by molar-refractivity contribution is 0.332. The van der Waals surface area contributed by atoms with Crippen LogP contribution in [0.3, 0.4) is 0 Å². The van der Waals surface area contributed by atoms with Crippen molar-refractivity contribution in [3.05, 3.63) is 162 Å². The molecule has 0 spiro atoms. The Hall–Kier alpha value is -5.07. The molecule has 4 nitrogen and oxygen atoms in total. The van der Waals surface area contributed by atoms with Crippen LogP contribution in [-0.4, -0.2) is 10.8 Å². The molecule has 0 amide bonds. The van der Waals surface area contributed by atoms with Gasteiger partial charge in [-0.2, -0.15) is 0 Å². The van der Waals surface area contributed by atoms with Crippen molar-refractivity contribution in [3.8, 4) is 5.69 Å². The van der Waals surface area contributed by atoms with E-state index in [1.165, 1.54) is 42.0 Å². The quantitative estimate of drug-likeness (QED) is 0.141. The van der Waals surface area contributed by atoms with Crippen LogP contribution < -0.4 is 11.1 Å². The highest BCUT2D eigenvalue weighted by atomic mass is 32.1. The average molecular weight is 601 g/mol. The minimum absolute atomic E-state index is 0.317. The molecule has 0 bridgehead atoms. The van der Waals surface area contributed by atoms with Crippen molar-refractivity contribution in [2.24, 2.45) is 10.7 Å². The summed E-state index contributed by atoms with van der Waals surface area (Å²) < 4.78 is 5.04. The fourth-order valence-electron chi connectivity index (χ4n) is 6.38. The summed E-state index contributed by atoms with van der Waals surface area (Å²) >= 11 is 1.88. The van der Waals surface area contributed by atoms with Gasteiger partial charge in [-0.15, -0.1) is 11.3 Å². The van der Waals surface area contributed by atoms with E-state index in [-0.39, 0.29) is 6.17 Å². The molecule has 0 aliphatic rings. The van der Waals surface area contributed by atoms with Gasteiger partial charge < -0.3 is 10.3 Å². The number of nitrogens with two attached hydrogens (primary N) is 1. The molecular weight excluding hydrogens is 569 g/mol. The molecule has 2 atom stereocenters. The Labute approximate surface area is 266 Å². The van der Waals surface area contributed by atoms with Crippen LogP contribution in [-0.2, 0) is 5.66 Å². The van der Waals surface area contributed by atoms with Crippen molar-refractivity contribution in [1.29, 1.82) is 0 Å². The average Bonchev–Trinajstić information content (AvgIpc) is 3.63.